The standard InChI is InChI=1S/C28H30N2OS2.CH4O/c1-19-7-8-24(17-27(19)33-3)28(31)30-18-25-16-23(13-14-29-25)22-6-4-5-21(15-22)20-9-11-26(32-2)12-10-20;1-2/h4-9,11,13-17,20,26H,10,12,18H2,1-3H3,(H,30,31);2H,1H3. The van der Waals surface area contributed by atoms with E-state index < -0.39 is 0 Å². The number of nitrogens with zero attached hydrogens (tertiary/aromatic N) is 1. The molecule has 2 N–H and O–H groups in total. The lowest BCUT2D eigenvalue weighted by molar-refractivity contribution is 0.0950. The molecule has 0 bridgehead atoms. The Morgan fingerprint density at radius 1 is 1.03 bits per heavy atom. The number of pyridine rings is 1. The van der Waals surface area contributed by atoms with Gasteiger partial charge in [-0.2, -0.15) is 11.8 Å². The third kappa shape index (κ3) is 7.23. The van der Waals surface area contributed by atoms with Crippen LogP contribution in [0.25, 0.3) is 11.1 Å². The van der Waals surface area contributed by atoms with Gasteiger partial charge in [0.15, 0.2) is 0 Å². The Kier molecular flexibility index (Phi) is 10.5. The van der Waals surface area contributed by atoms with E-state index in [2.05, 4.69) is 66.0 Å². The molecule has 0 fully saturated rings. The highest BCUT2D eigenvalue weighted by Gasteiger charge is 2.17. The van der Waals surface area contributed by atoms with Crippen LogP contribution in [0, 0.1) is 6.92 Å². The number of aromatic nitrogens is 1. The maximum Gasteiger partial charge on any atom is 0.251 e. The molecule has 1 amide bonds. The molecule has 1 aliphatic carbocycles. The Bertz CT molecular complexity index is 1160. The summed E-state index contributed by atoms with van der Waals surface area (Å²) in [4.78, 5) is 18.3. The first-order chi connectivity index (χ1) is 17.1. The molecule has 0 spiro atoms. The monoisotopic (exact) mass is 506 g/mol. The molecule has 0 radical (unpaired) electrons. The maximum atomic E-state index is 12.7. The van der Waals surface area contributed by atoms with Crippen LogP contribution >= 0.6 is 23.5 Å². The van der Waals surface area contributed by atoms with E-state index in [9.17, 15) is 4.79 Å². The molecule has 1 aliphatic rings. The number of aliphatic hydroxyl groups is 1. The fraction of sp³-hybridized carbons (Fsp3) is 0.310. The van der Waals surface area contributed by atoms with Crippen LogP contribution in [0.1, 0.15) is 45.9 Å². The molecule has 2 atom stereocenters. The lowest BCUT2D eigenvalue weighted by Gasteiger charge is -2.22. The fourth-order valence-electron chi connectivity index (χ4n) is 4.21. The summed E-state index contributed by atoms with van der Waals surface area (Å²) in [7, 11) is 1.00. The van der Waals surface area contributed by atoms with Crippen LogP contribution in [0.3, 0.4) is 0 Å². The van der Waals surface area contributed by atoms with Crippen LogP contribution in [0.2, 0.25) is 0 Å². The van der Waals surface area contributed by atoms with Gasteiger partial charge in [0.05, 0.1) is 12.2 Å². The summed E-state index contributed by atoms with van der Waals surface area (Å²) in [6, 6.07) is 18.7. The minimum absolute atomic E-state index is 0.0767. The zero-order valence-electron chi connectivity index (χ0n) is 20.8. The molecule has 3 aromatic rings. The molecule has 6 heteroatoms. The van der Waals surface area contributed by atoms with Gasteiger partial charge in [0.25, 0.3) is 5.91 Å². The second kappa shape index (κ2) is 13.5. The number of carbonyl (C=O) groups is 1. The molecule has 0 saturated carbocycles. The van der Waals surface area contributed by atoms with Crippen LogP contribution < -0.4 is 5.32 Å². The van der Waals surface area contributed by atoms with Crippen molar-refractivity contribution in [3.63, 3.8) is 0 Å². The van der Waals surface area contributed by atoms with Gasteiger partial charge in [0.2, 0.25) is 0 Å². The number of hydrogen-bond acceptors (Lipinski definition) is 5. The van der Waals surface area contributed by atoms with Crippen LogP contribution in [0.15, 0.2) is 77.8 Å². The van der Waals surface area contributed by atoms with Crippen molar-refractivity contribution < 1.29 is 9.90 Å². The van der Waals surface area contributed by atoms with Crippen molar-refractivity contribution in [2.45, 2.75) is 42.4 Å². The lowest BCUT2D eigenvalue weighted by Crippen LogP contribution is -2.23. The number of nitrogens with one attached hydrogen (secondary N) is 1. The van der Waals surface area contributed by atoms with Gasteiger partial charge in [0.1, 0.15) is 0 Å². The third-order valence-corrected chi connectivity index (χ3v) is 8.07. The Morgan fingerprint density at radius 2 is 1.83 bits per heavy atom. The molecule has 4 nitrogen and oxygen atoms in total. The summed E-state index contributed by atoms with van der Waals surface area (Å²) in [5.41, 5.74) is 6.38. The SMILES string of the molecule is CO.CSc1cc(C(=O)NCc2cc(-c3cccc(C4C=CC(SC)CC4)c3)ccn2)ccc1C. The van der Waals surface area contributed by atoms with Gasteiger partial charge < -0.3 is 10.4 Å². The Labute approximate surface area is 217 Å². The van der Waals surface area contributed by atoms with E-state index >= 15 is 0 Å². The van der Waals surface area contributed by atoms with Crippen molar-refractivity contribution in [3.8, 4) is 11.1 Å². The van der Waals surface area contributed by atoms with Gasteiger partial charge in [-0.05, 0) is 78.8 Å². The average Bonchev–Trinajstić information content (AvgIpc) is 2.93. The van der Waals surface area contributed by atoms with Crippen molar-refractivity contribution in [2.24, 2.45) is 0 Å². The molecule has 2 unspecified atom stereocenters. The molecule has 184 valence electrons. The van der Waals surface area contributed by atoms with E-state index in [1.165, 1.54) is 29.5 Å². The number of rotatable bonds is 7. The molecular weight excluding hydrogens is 472 g/mol. The van der Waals surface area contributed by atoms with E-state index in [4.69, 9.17) is 5.11 Å². The van der Waals surface area contributed by atoms with E-state index in [0.29, 0.717) is 23.3 Å². The van der Waals surface area contributed by atoms with Gasteiger partial charge in [-0.25, -0.2) is 0 Å². The summed E-state index contributed by atoms with van der Waals surface area (Å²) in [6.07, 6.45) is 13.2. The third-order valence-electron chi connectivity index (χ3n) is 6.19. The smallest absolute Gasteiger partial charge is 0.251 e. The number of hydrogen-bond donors (Lipinski definition) is 2. The van der Waals surface area contributed by atoms with Crippen LogP contribution in [-0.2, 0) is 6.54 Å². The minimum Gasteiger partial charge on any atom is -0.400 e. The van der Waals surface area contributed by atoms with E-state index in [-0.39, 0.29) is 5.91 Å². The van der Waals surface area contributed by atoms with Crippen molar-refractivity contribution in [3.05, 3.63) is 95.3 Å². The van der Waals surface area contributed by atoms with Crippen molar-refractivity contribution in [1.29, 1.82) is 0 Å². The number of allylic oxidation sites excluding steroid dienone is 1. The van der Waals surface area contributed by atoms with Gasteiger partial charge in [-0.3, -0.25) is 9.78 Å². The van der Waals surface area contributed by atoms with E-state index in [0.717, 1.165) is 23.3 Å². The normalized spacial score (nSPS) is 16.8. The predicted molar refractivity (Wildman–Crippen MR) is 150 cm³/mol. The number of amides is 1. The Balaban J connectivity index is 0.00000167. The molecule has 1 heterocycles. The first kappa shape index (κ1) is 27.1. The van der Waals surface area contributed by atoms with E-state index in [1.54, 1.807) is 11.8 Å². The van der Waals surface area contributed by atoms with Crippen molar-refractivity contribution in [2.75, 3.05) is 19.6 Å². The van der Waals surface area contributed by atoms with Gasteiger partial charge >= 0.3 is 0 Å². The summed E-state index contributed by atoms with van der Waals surface area (Å²) in [5, 5.41) is 10.7. The minimum atomic E-state index is -0.0767. The molecule has 0 saturated heterocycles. The summed E-state index contributed by atoms with van der Waals surface area (Å²) >= 11 is 3.58. The fourth-order valence-corrected chi connectivity index (χ4v) is 5.46. The summed E-state index contributed by atoms with van der Waals surface area (Å²) < 4.78 is 0. The summed E-state index contributed by atoms with van der Waals surface area (Å²) in [6.45, 7) is 2.46. The lowest BCUT2D eigenvalue weighted by atomic mass is 9.87. The Morgan fingerprint density at radius 3 is 2.54 bits per heavy atom. The highest BCUT2D eigenvalue weighted by molar-refractivity contribution is 7.99. The molecule has 1 aromatic heterocycles. The van der Waals surface area contributed by atoms with Gasteiger partial charge in [-0.15, -0.1) is 11.8 Å². The zero-order valence-corrected chi connectivity index (χ0v) is 22.5. The van der Waals surface area contributed by atoms with Gasteiger partial charge in [0, 0.05) is 34.9 Å². The molecular formula is C29H34N2O2S2. The van der Waals surface area contributed by atoms with Gasteiger partial charge in [-0.1, -0.05) is 42.5 Å². The molecule has 4 rings (SSSR count). The second-order valence-corrected chi connectivity index (χ2v) is 10.3. The molecule has 2 aromatic carbocycles. The Hall–Kier alpha value is -2.54. The second-order valence-electron chi connectivity index (χ2n) is 8.37. The number of thioether (sulfide) groups is 2. The van der Waals surface area contributed by atoms with Crippen LogP contribution in [0.5, 0.6) is 0 Å². The number of carbonyl (C=O) groups excluding carboxylic acids is 1. The first-order valence-corrected chi connectivity index (χ1v) is 14.2. The van der Waals surface area contributed by atoms with E-state index in [1.807, 2.05) is 48.5 Å². The number of benzene rings is 2. The predicted octanol–water partition coefficient (Wildman–Crippen LogP) is 6.48. The molecule has 35 heavy (non-hydrogen) atoms. The van der Waals surface area contributed by atoms with Crippen LogP contribution in [-0.4, -0.2) is 40.9 Å². The number of aryl methyl sites for hydroxylation is 1. The quantitative estimate of drug-likeness (QED) is 0.284. The van der Waals surface area contributed by atoms with Crippen molar-refractivity contribution in [1.82, 2.24) is 10.3 Å². The highest BCUT2D eigenvalue weighted by Crippen LogP contribution is 2.33. The maximum absolute atomic E-state index is 12.7. The largest absolute Gasteiger partial charge is 0.400 e. The average molecular weight is 507 g/mol. The van der Waals surface area contributed by atoms with Crippen molar-refractivity contribution >= 4 is 29.4 Å². The number of aliphatic hydroxyl groups excluding tert-OH is 1. The molecule has 0 aliphatic heterocycles. The topological polar surface area (TPSA) is 62.2 Å². The summed E-state index contributed by atoms with van der Waals surface area (Å²) in [5.74, 6) is 0.404. The first-order valence-electron chi connectivity index (χ1n) is 11.7. The highest BCUT2D eigenvalue weighted by atomic mass is 32.2. The zero-order chi connectivity index (χ0) is 25.2. The van der Waals surface area contributed by atoms with Crippen LogP contribution in [0.4, 0.5) is 0 Å².